The summed E-state index contributed by atoms with van der Waals surface area (Å²) in [5.74, 6) is 0. The van der Waals surface area contributed by atoms with Crippen molar-refractivity contribution < 1.29 is 61.9 Å². The lowest BCUT2D eigenvalue weighted by molar-refractivity contribution is -0.338. The molecule has 1 N–H and O–H groups in total. The van der Waals surface area contributed by atoms with E-state index in [-0.39, 0.29) is 66.1 Å². The van der Waals surface area contributed by atoms with Gasteiger partial charge in [-0.1, -0.05) is 243 Å². The van der Waals surface area contributed by atoms with Gasteiger partial charge in [-0.3, -0.25) is 0 Å². The molecular formula is C71H76O13. The predicted octanol–water partition coefficient (Wildman–Crippen LogP) is 11.8. The van der Waals surface area contributed by atoms with Gasteiger partial charge in [0.1, 0.15) is 54.9 Å². The van der Waals surface area contributed by atoms with Crippen LogP contribution in [0.4, 0.5) is 0 Å². The van der Waals surface area contributed by atoms with E-state index in [9.17, 15) is 5.11 Å². The van der Waals surface area contributed by atoms with Gasteiger partial charge in [0.2, 0.25) is 0 Å². The number of rotatable bonds is 32. The third kappa shape index (κ3) is 18.6. The predicted molar refractivity (Wildman–Crippen MR) is 318 cm³/mol. The molecule has 0 radical (unpaired) electrons. The van der Waals surface area contributed by atoms with Crippen LogP contribution in [0.1, 0.15) is 44.5 Å². The fourth-order valence-electron chi connectivity index (χ4n) is 10.2. The van der Waals surface area contributed by atoms with Crippen LogP contribution in [0.25, 0.3) is 0 Å². The molecule has 0 amide bonds. The Hall–Kier alpha value is -6.76. The van der Waals surface area contributed by atoms with Gasteiger partial charge >= 0.3 is 0 Å². The van der Waals surface area contributed by atoms with Gasteiger partial charge in [0.15, 0.2) is 12.6 Å². The maximum atomic E-state index is 12.1. The first kappa shape index (κ1) is 60.4. The Morgan fingerprint density at radius 2 is 0.476 bits per heavy atom. The Morgan fingerprint density at radius 1 is 0.262 bits per heavy atom. The zero-order valence-corrected chi connectivity index (χ0v) is 47.3. The highest BCUT2D eigenvalue weighted by Gasteiger charge is 2.51. The quantitative estimate of drug-likeness (QED) is 0.0430. The number of hydrogen-bond acceptors (Lipinski definition) is 13. The summed E-state index contributed by atoms with van der Waals surface area (Å²) in [6, 6.07) is 79.7. The van der Waals surface area contributed by atoms with Gasteiger partial charge in [0.05, 0.1) is 79.3 Å². The Balaban J connectivity index is 0.917. The van der Waals surface area contributed by atoms with E-state index in [4.69, 9.17) is 56.8 Å². The summed E-state index contributed by atoms with van der Waals surface area (Å²) in [4.78, 5) is 0. The molecule has 10 rings (SSSR count). The highest BCUT2D eigenvalue weighted by Crippen LogP contribution is 2.34. The van der Waals surface area contributed by atoms with Gasteiger partial charge in [-0.25, -0.2) is 0 Å². The first-order valence-corrected chi connectivity index (χ1v) is 29.0. The van der Waals surface area contributed by atoms with Crippen LogP contribution < -0.4 is 0 Å². The summed E-state index contributed by atoms with van der Waals surface area (Å²) in [5, 5.41) is 12.1. The molecule has 0 spiro atoms. The van der Waals surface area contributed by atoms with Crippen molar-refractivity contribution in [3.63, 3.8) is 0 Å². The van der Waals surface area contributed by atoms with Crippen molar-refractivity contribution in [2.45, 2.75) is 120 Å². The molecule has 13 nitrogen and oxygen atoms in total. The molecule has 2 saturated heterocycles. The first-order chi connectivity index (χ1) is 41.6. The number of hydrogen-bond donors (Lipinski definition) is 1. The smallest absolute Gasteiger partial charge is 0.187 e. The van der Waals surface area contributed by atoms with Crippen molar-refractivity contribution >= 4 is 0 Å². The van der Waals surface area contributed by atoms with E-state index in [1.54, 1.807) is 0 Å². The summed E-state index contributed by atoms with van der Waals surface area (Å²) in [6.45, 7) is 2.01. The second kappa shape index (κ2) is 33.1. The number of aliphatic hydroxyl groups is 1. The normalized spacial score (nSPS) is 22.8. The Kier molecular flexibility index (Phi) is 23.8. The van der Waals surface area contributed by atoms with Crippen LogP contribution in [0.2, 0.25) is 0 Å². The molecular weight excluding hydrogens is 1060 g/mol. The van der Waals surface area contributed by atoms with Crippen molar-refractivity contribution in [3.8, 4) is 0 Å². The number of ether oxygens (including phenoxy) is 12. The summed E-state index contributed by atoms with van der Waals surface area (Å²) < 4.78 is 81.6. The van der Waals surface area contributed by atoms with Gasteiger partial charge < -0.3 is 61.9 Å². The fraction of sp³-hybridized carbons (Fsp3) is 0.324. The van der Waals surface area contributed by atoms with E-state index in [1.807, 2.05) is 243 Å². The maximum Gasteiger partial charge on any atom is 0.187 e. The summed E-state index contributed by atoms with van der Waals surface area (Å²) in [7, 11) is 0. The number of benzene rings is 8. The lowest BCUT2D eigenvalue weighted by Gasteiger charge is -2.46. The average molecular weight is 1140 g/mol. The van der Waals surface area contributed by atoms with Crippen molar-refractivity contribution in [2.75, 3.05) is 26.4 Å². The molecule has 2 fully saturated rings. The SMILES string of the molecule is OC(COC1OC(COCc2ccccc2)C(OCc2ccccc2)C(OCc2ccccc2)C1OCc1ccccc1)COC1OC(COCc2ccccc2)C(OCc2ccccc2)C(OCc2ccccc2)C1OCc1ccccc1. The summed E-state index contributed by atoms with van der Waals surface area (Å²) >= 11 is 0. The topological polar surface area (TPSA) is 131 Å². The van der Waals surface area contributed by atoms with E-state index >= 15 is 0 Å². The van der Waals surface area contributed by atoms with Crippen LogP contribution in [0.15, 0.2) is 243 Å². The molecule has 10 atom stereocenters. The molecule has 8 aromatic rings. The molecule has 10 unspecified atom stereocenters. The average Bonchev–Trinajstić information content (AvgIpc) is 2.58. The van der Waals surface area contributed by atoms with Crippen LogP contribution >= 0.6 is 0 Å². The molecule has 2 aliphatic heterocycles. The van der Waals surface area contributed by atoms with Crippen molar-refractivity contribution in [1.29, 1.82) is 0 Å². The molecule has 0 saturated carbocycles. The van der Waals surface area contributed by atoms with Crippen LogP contribution in [-0.2, 0) is 110 Å². The largest absolute Gasteiger partial charge is 0.388 e. The number of aliphatic hydroxyl groups excluding tert-OH is 1. The Morgan fingerprint density at radius 3 is 0.726 bits per heavy atom. The molecule has 84 heavy (non-hydrogen) atoms. The summed E-state index contributed by atoms with van der Waals surface area (Å²) in [5.41, 5.74) is 7.82. The Bertz CT molecular complexity index is 2800. The summed E-state index contributed by atoms with van der Waals surface area (Å²) in [6.07, 6.45) is -9.27. The third-order valence-electron chi connectivity index (χ3n) is 14.6. The monoisotopic (exact) mass is 1140 g/mol. The van der Waals surface area contributed by atoms with Crippen molar-refractivity contribution in [3.05, 3.63) is 287 Å². The minimum atomic E-state index is -1.20. The molecule has 8 aromatic carbocycles. The first-order valence-electron chi connectivity index (χ1n) is 29.0. The highest BCUT2D eigenvalue weighted by atomic mass is 16.7. The van der Waals surface area contributed by atoms with Crippen molar-refractivity contribution in [2.24, 2.45) is 0 Å². The van der Waals surface area contributed by atoms with Gasteiger partial charge in [0.25, 0.3) is 0 Å². The van der Waals surface area contributed by atoms with Gasteiger partial charge in [-0.05, 0) is 44.5 Å². The lowest BCUT2D eigenvalue weighted by atomic mass is 9.97. The van der Waals surface area contributed by atoms with Gasteiger partial charge in [0, 0.05) is 0 Å². The molecule has 2 aliphatic rings. The minimum Gasteiger partial charge on any atom is -0.388 e. The van der Waals surface area contributed by atoms with Gasteiger partial charge in [-0.2, -0.15) is 0 Å². The Labute approximate surface area is 493 Å². The molecule has 0 aliphatic carbocycles. The highest BCUT2D eigenvalue weighted by molar-refractivity contribution is 5.20. The standard InChI is InChI=1S/C71H76O13/c72-61(49-81-70-68(79-47-59-37-21-7-22-38-59)66(77-45-57-33-17-5-18-34-57)64(75-43-55-29-13-3-14-30-55)62(83-70)51-73-41-53-25-9-1-10-26-53)50-82-71-69(80-48-60-39-23-8-24-40-60)67(78-46-58-35-19-6-20-36-58)65(76-44-56-31-15-4-16-32-56)63(84-71)52-74-42-54-27-11-2-12-28-54/h1-40,61-72H,41-52H2. The fourth-order valence-corrected chi connectivity index (χ4v) is 10.2. The van der Waals surface area contributed by atoms with Crippen LogP contribution in [-0.4, -0.2) is 99.0 Å². The molecule has 0 bridgehead atoms. The zero-order chi connectivity index (χ0) is 57.2. The van der Waals surface area contributed by atoms with E-state index in [1.165, 1.54) is 0 Å². The van der Waals surface area contributed by atoms with E-state index < -0.39 is 67.5 Å². The van der Waals surface area contributed by atoms with Crippen LogP contribution in [0.3, 0.4) is 0 Å². The van der Waals surface area contributed by atoms with E-state index in [2.05, 4.69) is 0 Å². The zero-order valence-electron chi connectivity index (χ0n) is 47.3. The maximum absolute atomic E-state index is 12.1. The second-order valence-electron chi connectivity index (χ2n) is 21.0. The molecule has 2 heterocycles. The second-order valence-corrected chi connectivity index (χ2v) is 21.0. The van der Waals surface area contributed by atoms with Crippen molar-refractivity contribution in [1.82, 2.24) is 0 Å². The minimum absolute atomic E-state index is 0.139. The van der Waals surface area contributed by atoms with Crippen LogP contribution in [0.5, 0.6) is 0 Å². The van der Waals surface area contributed by atoms with E-state index in [0.717, 1.165) is 44.5 Å². The molecule has 13 heteroatoms. The van der Waals surface area contributed by atoms with E-state index in [0.29, 0.717) is 13.2 Å². The third-order valence-corrected chi connectivity index (χ3v) is 14.6. The lowest BCUT2D eigenvalue weighted by Crippen LogP contribution is -2.62. The molecule has 438 valence electrons. The van der Waals surface area contributed by atoms with Gasteiger partial charge in [-0.15, -0.1) is 0 Å². The van der Waals surface area contributed by atoms with Crippen LogP contribution in [0, 0.1) is 0 Å². The molecule has 0 aromatic heterocycles.